The third kappa shape index (κ3) is 1.29. The fourth-order valence-corrected chi connectivity index (χ4v) is 1.59. The van der Waals surface area contributed by atoms with Crippen LogP contribution in [0.1, 0.15) is 12.7 Å². The SMILES string of the molecule is CCc1nc2cnc(Cl)cc2n1C. The molecule has 0 unspecified atom stereocenters. The zero-order valence-electron chi connectivity index (χ0n) is 7.58. The van der Waals surface area contributed by atoms with Crippen molar-refractivity contribution in [2.45, 2.75) is 13.3 Å². The predicted octanol–water partition coefficient (Wildman–Crippen LogP) is 2.18. The van der Waals surface area contributed by atoms with E-state index in [0.717, 1.165) is 23.3 Å². The highest BCUT2D eigenvalue weighted by atomic mass is 35.5. The summed E-state index contributed by atoms with van der Waals surface area (Å²) in [7, 11) is 1.99. The van der Waals surface area contributed by atoms with Crippen LogP contribution in [0.25, 0.3) is 11.0 Å². The zero-order valence-corrected chi connectivity index (χ0v) is 8.34. The second-order valence-corrected chi connectivity index (χ2v) is 3.32. The van der Waals surface area contributed by atoms with Gasteiger partial charge in [-0.15, -0.1) is 0 Å². The number of aryl methyl sites for hydroxylation is 2. The Bertz CT molecular complexity index is 447. The molecule has 2 aromatic heterocycles. The van der Waals surface area contributed by atoms with Gasteiger partial charge >= 0.3 is 0 Å². The molecule has 68 valence electrons. The summed E-state index contributed by atoms with van der Waals surface area (Å²) in [5, 5.41) is 0.512. The monoisotopic (exact) mass is 195 g/mol. The molecule has 0 aliphatic heterocycles. The largest absolute Gasteiger partial charge is 0.331 e. The van der Waals surface area contributed by atoms with Crippen molar-refractivity contribution in [3.05, 3.63) is 23.2 Å². The van der Waals surface area contributed by atoms with Crippen LogP contribution in [-0.4, -0.2) is 14.5 Å². The summed E-state index contributed by atoms with van der Waals surface area (Å²) in [6.07, 6.45) is 2.62. The smallest absolute Gasteiger partial charge is 0.131 e. The topological polar surface area (TPSA) is 30.7 Å². The van der Waals surface area contributed by atoms with Crippen molar-refractivity contribution in [2.75, 3.05) is 0 Å². The van der Waals surface area contributed by atoms with Crippen molar-refractivity contribution >= 4 is 22.6 Å². The van der Waals surface area contributed by atoms with Gasteiger partial charge < -0.3 is 4.57 Å². The zero-order chi connectivity index (χ0) is 9.42. The molecule has 4 heteroatoms. The Hall–Kier alpha value is -1.09. The van der Waals surface area contributed by atoms with E-state index in [1.807, 2.05) is 17.7 Å². The van der Waals surface area contributed by atoms with E-state index in [-0.39, 0.29) is 0 Å². The number of nitrogens with zero attached hydrogens (tertiary/aromatic N) is 3. The van der Waals surface area contributed by atoms with Crippen molar-refractivity contribution in [3.8, 4) is 0 Å². The Balaban J connectivity index is 2.77. The lowest BCUT2D eigenvalue weighted by atomic mass is 10.4. The molecule has 0 atom stereocenters. The third-order valence-electron chi connectivity index (χ3n) is 2.14. The molecular formula is C9H10ClN3. The number of hydrogen-bond donors (Lipinski definition) is 0. The van der Waals surface area contributed by atoms with E-state index in [4.69, 9.17) is 11.6 Å². The molecule has 2 heterocycles. The second-order valence-electron chi connectivity index (χ2n) is 2.94. The Morgan fingerprint density at radius 1 is 1.54 bits per heavy atom. The van der Waals surface area contributed by atoms with E-state index < -0.39 is 0 Å². The van der Waals surface area contributed by atoms with Gasteiger partial charge in [0.1, 0.15) is 16.5 Å². The van der Waals surface area contributed by atoms with Gasteiger partial charge in [0.05, 0.1) is 11.7 Å². The fraction of sp³-hybridized carbons (Fsp3) is 0.333. The number of pyridine rings is 1. The van der Waals surface area contributed by atoms with E-state index >= 15 is 0 Å². The van der Waals surface area contributed by atoms with E-state index in [2.05, 4.69) is 16.9 Å². The van der Waals surface area contributed by atoms with Crippen molar-refractivity contribution in [2.24, 2.45) is 7.05 Å². The molecule has 0 amide bonds. The molecule has 0 saturated carbocycles. The summed E-state index contributed by atoms with van der Waals surface area (Å²) >= 11 is 5.79. The molecule has 2 aromatic rings. The molecule has 2 rings (SSSR count). The molecule has 0 radical (unpaired) electrons. The lowest BCUT2D eigenvalue weighted by Crippen LogP contribution is -1.94. The first-order valence-corrected chi connectivity index (χ1v) is 4.57. The van der Waals surface area contributed by atoms with Crippen LogP contribution >= 0.6 is 11.6 Å². The average Bonchev–Trinajstić information content (AvgIpc) is 2.44. The fourth-order valence-electron chi connectivity index (χ4n) is 1.44. The van der Waals surface area contributed by atoms with Gasteiger partial charge in [0.25, 0.3) is 0 Å². The molecule has 0 aliphatic rings. The molecular weight excluding hydrogens is 186 g/mol. The summed E-state index contributed by atoms with van der Waals surface area (Å²) in [5.74, 6) is 1.05. The predicted molar refractivity (Wildman–Crippen MR) is 52.9 cm³/mol. The van der Waals surface area contributed by atoms with Crippen LogP contribution in [0.2, 0.25) is 5.15 Å². The summed E-state index contributed by atoms with van der Waals surface area (Å²) in [6.45, 7) is 2.08. The van der Waals surface area contributed by atoms with Crippen LogP contribution in [0.15, 0.2) is 12.3 Å². The average molecular weight is 196 g/mol. The van der Waals surface area contributed by atoms with E-state index in [9.17, 15) is 0 Å². The lowest BCUT2D eigenvalue weighted by molar-refractivity contribution is 0.829. The van der Waals surface area contributed by atoms with Gasteiger partial charge in [0.15, 0.2) is 0 Å². The molecule has 0 aliphatic carbocycles. The van der Waals surface area contributed by atoms with Gasteiger partial charge in [-0.3, -0.25) is 0 Å². The Morgan fingerprint density at radius 2 is 2.31 bits per heavy atom. The molecule has 0 N–H and O–H groups in total. The highest BCUT2D eigenvalue weighted by Crippen LogP contribution is 2.17. The van der Waals surface area contributed by atoms with Crippen molar-refractivity contribution in [1.82, 2.24) is 14.5 Å². The molecule has 0 spiro atoms. The van der Waals surface area contributed by atoms with Gasteiger partial charge in [-0.1, -0.05) is 18.5 Å². The van der Waals surface area contributed by atoms with Gasteiger partial charge in [-0.25, -0.2) is 9.97 Å². The number of rotatable bonds is 1. The highest BCUT2D eigenvalue weighted by Gasteiger charge is 2.06. The summed E-state index contributed by atoms with van der Waals surface area (Å²) in [4.78, 5) is 8.40. The maximum absolute atomic E-state index is 5.79. The van der Waals surface area contributed by atoms with Crippen LogP contribution < -0.4 is 0 Å². The van der Waals surface area contributed by atoms with Crippen LogP contribution in [-0.2, 0) is 13.5 Å². The number of halogens is 1. The van der Waals surface area contributed by atoms with Gasteiger partial charge in [-0.2, -0.15) is 0 Å². The normalized spacial score (nSPS) is 11.0. The lowest BCUT2D eigenvalue weighted by Gasteiger charge is -1.97. The number of fused-ring (bicyclic) bond motifs is 1. The van der Waals surface area contributed by atoms with E-state index in [1.165, 1.54) is 0 Å². The van der Waals surface area contributed by atoms with Gasteiger partial charge in [-0.05, 0) is 0 Å². The van der Waals surface area contributed by atoms with Crippen molar-refractivity contribution in [3.63, 3.8) is 0 Å². The number of hydrogen-bond acceptors (Lipinski definition) is 2. The molecule has 3 nitrogen and oxygen atoms in total. The van der Waals surface area contributed by atoms with Crippen LogP contribution in [0.4, 0.5) is 0 Å². The summed E-state index contributed by atoms with van der Waals surface area (Å²) in [5.41, 5.74) is 1.95. The Kier molecular flexibility index (Phi) is 1.96. The third-order valence-corrected chi connectivity index (χ3v) is 2.35. The summed E-state index contributed by atoms with van der Waals surface area (Å²) < 4.78 is 2.04. The van der Waals surface area contributed by atoms with Gasteiger partial charge in [0.2, 0.25) is 0 Å². The number of imidazole rings is 1. The van der Waals surface area contributed by atoms with E-state index in [1.54, 1.807) is 6.20 Å². The van der Waals surface area contributed by atoms with Crippen molar-refractivity contribution in [1.29, 1.82) is 0 Å². The molecule has 0 saturated heterocycles. The minimum absolute atomic E-state index is 0.512. The van der Waals surface area contributed by atoms with E-state index in [0.29, 0.717) is 5.15 Å². The minimum atomic E-state index is 0.512. The second kappa shape index (κ2) is 3.00. The quantitative estimate of drug-likeness (QED) is 0.653. The summed E-state index contributed by atoms with van der Waals surface area (Å²) in [6, 6.07) is 1.84. The van der Waals surface area contributed by atoms with Gasteiger partial charge in [0, 0.05) is 19.5 Å². The van der Waals surface area contributed by atoms with Crippen LogP contribution in [0.3, 0.4) is 0 Å². The highest BCUT2D eigenvalue weighted by molar-refractivity contribution is 6.29. The minimum Gasteiger partial charge on any atom is -0.331 e. The van der Waals surface area contributed by atoms with Crippen molar-refractivity contribution < 1.29 is 0 Å². The molecule has 0 fully saturated rings. The molecule has 0 aromatic carbocycles. The van der Waals surface area contributed by atoms with Crippen LogP contribution in [0, 0.1) is 0 Å². The first-order chi connectivity index (χ1) is 6.22. The first kappa shape index (κ1) is 8.51. The van der Waals surface area contributed by atoms with Crippen LogP contribution in [0.5, 0.6) is 0 Å². The Labute approximate surface area is 81.4 Å². The first-order valence-electron chi connectivity index (χ1n) is 4.19. The maximum Gasteiger partial charge on any atom is 0.131 e. The number of aromatic nitrogens is 3. The maximum atomic E-state index is 5.79. The molecule has 13 heavy (non-hydrogen) atoms. The molecule has 0 bridgehead atoms. The Morgan fingerprint density at radius 3 is 3.00 bits per heavy atom. The standard InChI is InChI=1S/C9H10ClN3/c1-3-9-12-6-5-11-8(10)4-7(6)13(9)2/h4-5H,3H2,1-2H3.